The molecule has 0 amide bonds. The van der Waals surface area contributed by atoms with Crippen LogP contribution in [0.15, 0.2) is 0 Å². The second kappa shape index (κ2) is 6.01. The Morgan fingerprint density at radius 1 is 1.56 bits per heavy atom. The largest absolute Gasteiger partial charge is 0.353 e. The molecule has 9 heavy (non-hydrogen) atoms. The van der Waals surface area contributed by atoms with E-state index in [1.807, 2.05) is 0 Å². The van der Waals surface area contributed by atoms with Crippen molar-refractivity contribution in [3.05, 3.63) is 0 Å². The van der Waals surface area contributed by atoms with Gasteiger partial charge in [-0.2, -0.15) is 0 Å². The minimum absolute atomic E-state index is 0.440. The van der Waals surface area contributed by atoms with Crippen molar-refractivity contribution in [1.82, 2.24) is 0 Å². The summed E-state index contributed by atoms with van der Waals surface area (Å²) in [6, 6.07) is 0. The van der Waals surface area contributed by atoms with Gasteiger partial charge < -0.3 is 4.74 Å². The van der Waals surface area contributed by atoms with Crippen molar-refractivity contribution in [2.24, 2.45) is 0 Å². The molecule has 0 fully saturated rings. The maximum absolute atomic E-state index is 8.13. The fourth-order valence-corrected chi connectivity index (χ4v) is 0.584. The van der Waals surface area contributed by atoms with Crippen LogP contribution in [-0.2, 0) is 9.62 Å². The summed E-state index contributed by atoms with van der Waals surface area (Å²) in [5.74, 6) is 0. The quantitative estimate of drug-likeness (QED) is 0.353. The number of ether oxygens (including phenoxy) is 1. The Bertz CT molecular complexity index is 52.3. The van der Waals surface area contributed by atoms with Gasteiger partial charge in [-0.05, 0) is 6.42 Å². The van der Waals surface area contributed by atoms with E-state index in [1.165, 1.54) is 7.11 Å². The smallest absolute Gasteiger partial charge is 0.190 e. The molecule has 0 aromatic rings. The van der Waals surface area contributed by atoms with Crippen LogP contribution in [0.2, 0.25) is 0 Å². The zero-order valence-corrected chi connectivity index (χ0v) is 5.96. The van der Waals surface area contributed by atoms with Crippen LogP contribution in [0.4, 0.5) is 0 Å². The molecule has 0 rings (SSSR count). The lowest BCUT2D eigenvalue weighted by Gasteiger charge is -2.08. The number of hydrogen-bond donors (Lipinski definition) is 1. The van der Waals surface area contributed by atoms with E-state index in [0.29, 0.717) is 0 Å². The van der Waals surface area contributed by atoms with Crippen LogP contribution < -0.4 is 0 Å². The highest BCUT2D eigenvalue weighted by atomic mass is 17.1. The van der Waals surface area contributed by atoms with Crippen LogP contribution in [0.25, 0.3) is 0 Å². The SMILES string of the molecule is CCCCC(OC)OO. The molecule has 0 spiro atoms. The maximum atomic E-state index is 8.13. The van der Waals surface area contributed by atoms with Gasteiger partial charge in [0.25, 0.3) is 0 Å². The van der Waals surface area contributed by atoms with Gasteiger partial charge in [-0.15, -0.1) is 0 Å². The van der Waals surface area contributed by atoms with Crippen molar-refractivity contribution in [2.45, 2.75) is 32.5 Å². The topological polar surface area (TPSA) is 38.7 Å². The lowest BCUT2D eigenvalue weighted by atomic mass is 10.2. The zero-order chi connectivity index (χ0) is 7.11. The second-order valence-electron chi connectivity index (χ2n) is 1.91. The van der Waals surface area contributed by atoms with Crippen molar-refractivity contribution in [3.63, 3.8) is 0 Å². The van der Waals surface area contributed by atoms with E-state index in [2.05, 4.69) is 11.8 Å². The van der Waals surface area contributed by atoms with E-state index in [4.69, 9.17) is 9.99 Å². The van der Waals surface area contributed by atoms with E-state index >= 15 is 0 Å². The molecule has 0 bridgehead atoms. The Balaban J connectivity index is 3.09. The van der Waals surface area contributed by atoms with Crippen molar-refractivity contribution in [2.75, 3.05) is 7.11 Å². The summed E-state index contributed by atoms with van der Waals surface area (Å²) in [6.07, 6.45) is 2.41. The summed E-state index contributed by atoms with van der Waals surface area (Å²) in [4.78, 5) is 3.98. The highest BCUT2D eigenvalue weighted by Gasteiger charge is 2.03. The van der Waals surface area contributed by atoms with Crippen LogP contribution in [0, 0.1) is 0 Å². The van der Waals surface area contributed by atoms with Gasteiger partial charge >= 0.3 is 0 Å². The summed E-state index contributed by atoms with van der Waals surface area (Å²) in [7, 11) is 1.51. The van der Waals surface area contributed by atoms with Gasteiger partial charge in [-0.25, -0.2) is 10.1 Å². The monoisotopic (exact) mass is 134 g/mol. The molecular formula is C6H14O3. The predicted molar refractivity (Wildman–Crippen MR) is 34.0 cm³/mol. The minimum atomic E-state index is -0.440. The Hall–Kier alpha value is -0.120. The lowest BCUT2D eigenvalue weighted by molar-refractivity contribution is -0.341. The molecule has 1 N–H and O–H groups in total. The molecule has 0 aliphatic carbocycles. The summed E-state index contributed by atoms with van der Waals surface area (Å²) >= 11 is 0. The Labute approximate surface area is 55.5 Å². The minimum Gasteiger partial charge on any atom is -0.353 e. The van der Waals surface area contributed by atoms with Crippen molar-refractivity contribution >= 4 is 0 Å². The van der Waals surface area contributed by atoms with E-state index in [-0.39, 0.29) is 0 Å². The maximum Gasteiger partial charge on any atom is 0.190 e. The fraction of sp³-hybridized carbons (Fsp3) is 1.00. The summed E-state index contributed by atoms with van der Waals surface area (Å²) < 4.78 is 4.73. The van der Waals surface area contributed by atoms with Gasteiger partial charge in [0, 0.05) is 13.5 Å². The number of unbranched alkanes of at least 4 members (excludes halogenated alkanes) is 1. The van der Waals surface area contributed by atoms with Crippen molar-refractivity contribution in [3.8, 4) is 0 Å². The molecule has 0 saturated heterocycles. The van der Waals surface area contributed by atoms with Gasteiger partial charge in [0.1, 0.15) is 0 Å². The molecule has 0 saturated carbocycles. The van der Waals surface area contributed by atoms with Crippen LogP contribution in [0.1, 0.15) is 26.2 Å². The first-order valence-electron chi connectivity index (χ1n) is 3.18. The standard InChI is InChI=1S/C6H14O3/c1-3-4-5-6(8-2)9-7/h6-7H,3-5H2,1-2H3. The molecule has 0 radical (unpaired) electrons. The molecule has 3 heteroatoms. The second-order valence-corrected chi connectivity index (χ2v) is 1.91. The van der Waals surface area contributed by atoms with Crippen LogP contribution in [-0.4, -0.2) is 18.7 Å². The molecule has 1 atom stereocenters. The molecule has 56 valence electrons. The van der Waals surface area contributed by atoms with Gasteiger partial charge in [0.2, 0.25) is 0 Å². The third kappa shape index (κ3) is 4.39. The molecule has 0 aliphatic rings. The molecule has 0 aromatic carbocycles. The van der Waals surface area contributed by atoms with Gasteiger partial charge in [-0.3, -0.25) is 0 Å². The van der Waals surface area contributed by atoms with Gasteiger partial charge in [0.05, 0.1) is 0 Å². The average molecular weight is 134 g/mol. The summed E-state index contributed by atoms with van der Waals surface area (Å²) in [5, 5.41) is 8.13. The zero-order valence-electron chi connectivity index (χ0n) is 5.96. The normalized spacial score (nSPS) is 13.7. The third-order valence-corrected chi connectivity index (χ3v) is 1.17. The third-order valence-electron chi connectivity index (χ3n) is 1.17. The molecule has 0 aliphatic heterocycles. The Morgan fingerprint density at radius 3 is 2.56 bits per heavy atom. The first kappa shape index (κ1) is 8.88. The van der Waals surface area contributed by atoms with Gasteiger partial charge in [-0.1, -0.05) is 13.3 Å². The summed E-state index contributed by atoms with van der Waals surface area (Å²) in [5.41, 5.74) is 0. The van der Waals surface area contributed by atoms with Crippen LogP contribution in [0.3, 0.4) is 0 Å². The number of hydrogen-bond acceptors (Lipinski definition) is 3. The lowest BCUT2D eigenvalue weighted by Crippen LogP contribution is -2.12. The Kier molecular flexibility index (Phi) is 5.93. The first-order valence-corrected chi connectivity index (χ1v) is 3.18. The first-order chi connectivity index (χ1) is 4.35. The number of methoxy groups -OCH3 is 1. The molecular weight excluding hydrogens is 120 g/mol. The fourth-order valence-electron chi connectivity index (χ4n) is 0.584. The Morgan fingerprint density at radius 2 is 2.22 bits per heavy atom. The molecule has 0 aromatic heterocycles. The van der Waals surface area contributed by atoms with E-state index in [9.17, 15) is 0 Å². The van der Waals surface area contributed by atoms with E-state index in [1.54, 1.807) is 0 Å². The van der Waals surface area contributed by atoms with E-state index in [0.717, 1.165) is 19.3 Å². The molecule has 0 heterocycles. The highest BCUT2D eigenvalue weighted by molar-refractivity contribution is 4.40. The van der Waals surface area contributed by atoms with Crippen LogP contribution >= 0.6 is 0 Å². The average Bonchev–Trinajstić information content (AvgIpc) is 1.91. The summed E-state index contributed by atoms with van der Waals surface area (Å²) in [6.45, 7) is 2.07. The van der Waals surface area contributed by atoms with E-state index < -0.39 is 6.29 Å². The number of rotatable bonds is 5. The highest BCUT2D eigenvalue weighted by Crippen LogP contribution is 2.02. The van der Waals surface area contributed by atoms with Crippen molar-refractivity contribution in [1.29, 1.82) is 0 Å². The molecule has 3 nitrogen and oxygen atoms in total. The van der Waals surface area contributed by atoms with Crippen molar-refractivity contribution < 1.29 is 14.9 Å². The predicted octanol–water partition coefficient (Wildman–Crippen LogP) is 1.64. The van der Waals surface area contributed by atoms with Gasteiger partial charge in [0.15, 0.2) is 6.29 Å². The molecule has 1 unspecified atom stereocenters. The van der Waals surface area contributed by atoms with Crippen LogP contribution in [0.5, 0.6) is 0 Å².